The Morgan fingerprint density at radius 2 is 1.68 bits per heavy atom. The second-order valence-electron chi connectivity index (χ2n) is 8.95. The Hall–Kier alpha value is -2.37. The van der Waals surface area contributed by atoms with Gasteiger partial charge in [0.2, 0.25) is 11.8 Å². The topological polar surface area (TPSA) is 78.5 Å². The molecule has 2 fully saturated rings. The predicted octanol–water partition coefficient (Wildman–Crippen LogP) is 2.62. The summed E-state index contributed by atoms with van der Waals surface area (Å²) in [5, 5.41) is 5.82. The zero-order valence-electron chi connectivity index (χ0n) is 17.1. The lowest BCUT2D eigenvalue weighted by Gasteiger charge is -2.23. The van der Waals surface area contributed by atoms with Crippen molar-refractivity contribution in [2.75, 3.05) is 6.54 Å². The number of nitrogens with one attached hydrogen (secondary N) is 2. The van der Waals surface area contributed by atoms with E-state index in [1.807, 2.05) is 49.9 Å². The second-order valence-corrected chi connectivity index (χ2v) is 8.95. The highest BCUT2D eigenvalue weighted by Crippen LogP contribution is 2.29. The van der Waals surface area contributed by atoms with E-state index < -0.39 is 5.41 Å². The maximum absolute atomic E-state index is 12.7. The molecule has 6 heteroatoms. The zero-order valence-corrected chi connectivity index (χ0v) is 17.1. The fraction of sp³-hybridized carbons (Fsp3) is 0.591. The number of hydrogen-bond donors (Lipinski definition) is 2. The lowest BCUT2D eigenvalue weighted by Crippen LogP contribution is -2.39. The van der Waals surface area contributed by atoms with Crippen LogP contribution in [0.3, 0.4) is 0 Å². The number of benzene rings is 1. The van der Waals surface area contributed by atoms with Gasteiger partial charge in [-0.1, -0.05) is 32.9 Å². The van der Waals surface area contributed by atoms with E-state index in [9.17, 15) is 14.4 Å². The Morgan fingerprint density at radius 3 is 2.21 bits per heavy atom. The van der Waals surface area contributed by atoms with Crippen molar-refractivity contribution in [3.05, 3.63) is 35.4 Å². The molecule has 0 heterocycles. The van der Waals surface area contributed by atoms with Crippen LogP contribution in [-0.2, 0) is 16.1 Å². The van der Waals surface area contributed by atoms with Crippen LogP contribution in [0.2, 0.25) is 0 Å². The van der Waals surface area contributed by atoms with Gasteiger partial charge in [0.25, 0.3) is 5.91 Å². The molecule has 1 aromatic rings. The summed E-state index contributed by atoms with van der Waals surface area (Å²) in [5.74, 6) is -0.00985. The average molecular weight is 386 g/mol. The van der Waals surface area contributed by atoms with Crippen molar-refractivity contribution in [2.24, 2.45) is 5.41 Å². The summed E-state index contributed by atoms with van der Waals surface area (Å²) < 4.78 is 0. The minimum absolute atomic E-state index is 0.0289. The van der Waals surface area contributed by atoms with Crippen molar-refractivity contribution < 1.29 is 14.4 Å². The third kappa shape index (κ3) is 5.81. The first kappa shape index (κ1) is 20.4. The maximum Gasteiger partial charge on any atom is 0.251 e. The van der Waals surface area contributed by atoms with Crippen molar-refractivity contribution >= 4 is 17.7 Å². The van der Waals surface area contributed by atoms with Gasteiger partial charge in [-0.2, -0.15) is 0 Å². The average Bonchev–Trinajstić information content (AvgIpc) is 3.53. The molecule has 6 nitrogen and oxygen atoms in total. The largest absolute Gasteiger partial charge is 0.355 e. The highest BCUT2D eigenvalue weighted by molar-refractivity contribution is 5.94. The van der Waals surface area contributed by atoms with Crippen LogP contribution in [0.4, 0.5) is 0 Å². The van der Waals surface area contributed by atoms with E-state index in [0.717, 1.165) is 31.2 Å². The summed E-state index contributed by atoms with van der Waals surface area (Å²) in [4.78, 5) is 38.6. The van der Waals surface area contributed by atoms with E-state index in [1.54, 1.807) is 0 Å². The molecule has 0 spiro atoms. The minimum atomic E-state index is -0.452. The minimum Gasteiger partial charge on any atom is -0.355 e. The van der Waals surface area contributed by atoms with Crippen molar-refractivity contribution in [1.82, 2.24) is 15.5 Å². The van der Waals surface area contributed by atoms with Crippen LogP contribution in [0.15, 0.2) is 24.3 Å². The molecule has 0 atom stereocenters. The molecule has 152 valence electrons. The van der Waals surface area contributed by atoms with Crippen LogP contribution >= 0.6 is 0 Å². The van der Waals surface area contributed by atoms with Crippen LogP contribution in [0.1, 0.15) is 68.8 Å². The van der Waals surface area contributed by atoms with Crippen LogP contribution in [-0.4, -0.2) is 41.2 Å². The summed E-state index contributed by atoms with van der Waals surface area (Å²) in [6, 6.07) is 8.13. The molecule has 2 saturated carbocycles. The van der Waals surface area contributed by atoms with Gasteiger partial charge in [0.15, 0.2) is 0 Å². The second kappa shape index (κ2) is 8.33. The van der Waals surface area contributed by atoms with Crippen LogP contribution in [0, 0.1) is 5.41 Å². The first-order valence-corrected chi connectivity index (χ1v) is 10.2. The molecule has 0 saturated heterocycles. The number of carbonyl (C=O) groups is 3. The smallest absolute Gasteiger partial charge is 0.251 e. The summed E-state index contributed by atoms with van der Waals surface area (Å²) >= 11 is 0. The van der Waals surface area contributed by atoms with Gasteiger partial charge in [0.05, 0.1) is 0 Å². The number of carbonyl (C=O) groups excluding carboxylic acids is 3. The lowest BCUT2D eigenvalue weighted by atomic mass is 9.96. The molecular weight excluding hydrogens is 354 g/mol. The summed E-state index contributed by atoms with van der Waals surface area (Å²) in [6.45, 7) is 6.47. The van der Waals surface area contributed by atoms with E-state index in [4.69, 9.17) is 0 Å². The van der Waals surface area contributed by atoms with E-state index in [-0.39, 0.29) is 17.7 Å². The normalized spacial score (nSPS) is 16.4. The van der Waals surface area contributed by atoms with Crippen LogP contribution < -0.4 is 10.6 Å². The Labute approximate surface area is 167 Å². The van der Waals surface area contributed by atoms with Gasteiger partial charge in [0, 0.05) is 42.6 Å². The van der Waals surface area contributed by atoms with Crippen molar-refractivity contribution in [3.8, 4) is 0 Å². The zero-order chi connectivity index (χ0) is 20.3. The quantitative estimate of drug-likeness (QED) is 0.722. The molecule has 0 radical (unpaired) electrons. The van der Waals surface area contributed by atoms with Crippen LogP contribution in [0.5, 0.6) is 0 Å². The van der Waals surface area contributed by atoms with E-state index in [1.165, 1.54) is 0 Å². The number of nitrogens with zero attached hydrogens (tertiary/aromatic N) is 1. The van der Waals surface area contributed by atoms with E-state index in [0.29, 0.717) is 37.2 Å². The van der Waals surface area contributed by atoms with E-state index in [2.05, 4.69) is 10.6 Å². The molecule has 0 aliphatic heterocycles. The number of hydrogen-bond acceptors (Lipinski definition) is 3. The molecule has 0 unspecified atom stereocenters. The highest BCUT2D eigenvalue weighted by atomic mass is 16.2. The summed E-state index contributed by atoms with van der Waals surface area (Å²) in [7, 11) is 0. The highest BCUT2D eigenvalue weighted by Gasteiger charge is 2.32. The first-order valence-electron chi connectivity index (χ1n) is 10.2. The Morgan fingerprint density at radius 1 is 1.04 bits per heavy atom. The fourth-order valence-corrected chi connectivity index (χ4v) is 2.95. The SMILES string of the molecule is CC(C)(C)C(=O)NCCC(=O)N(Cc1ccc(C(=O)NC2CC2)cc1)C1CC1. The molecule has 3 amide bonds. The summed E-state index contributed by atoms with van der Waals surface area (Å²) in [5.41, 5.74) is 1.22. The molecule has 0 aromatic heterocycles. The number of amides is 3. The van der Waals surface area contributed by atoms with Gasteiger partial charge in [-0.05, 0) is 43.4 Å². The predicted molar refractivity (Wildman–Crippen MR) is 108 cm³/mol. The summed E-state index contributed by atoms with van der Waals surface area (Å²) in [6.07, 6.45) is 4.50. The molecule has 3 rings (SSSR count). The van der Waals surface area contributed by atoms with Gasteiger partial charge in [-0.3, -0.25) is 14.4 Å². The molecular formula is C22H31N3O3. The molecule has 2 aliphatic carbocycles. The third-order valence-electron chi connectivity index (χ3n) is 5.10. The fourth-order valence-electron chi connectivity index (χ4n) is 2.95. The van der Waals surface area contributed by atoms with Gasteiger partial charge < -0.3 is 15.5 Å². The maximum atomic E-state index is 12.7. The van der Waals surface area contributed by atoms with E-state index >= 15 is 0 Å². The molecule has 2 N–H and O–H groups in total. The van der Waals surface area contributed by atoms with Gasteiger partial charge in [-0.15, -0.1) is 0 Å². The third-order valence-corrected chi connectivity index (χ3v) is 5.10. The van der Waals surface area contributed by atoms with Gasteiger partial charge in [-0.25, -0.2) is 0 Å². The van der Waals surface area contributed by atoms with Crippen molar-refractivity contribution in [3.63, 3.8) is 0 Å². The van der Waals surface area contributed by atoms with Crippen LogP contribution in [0.25, 0.3) is 0 Å². The molecule has 28 heavy (non-hydrogen) atoms. The number of rotatable bonds is 8. The Balaban J connectivity index is 1.52. The van der Waals surface area contributed by atoms with Crippen molar-refractivity contribution in [1.29, 1.82) is 0 Å². The first-order chi connectivity index (χ1) is 13.2. The molecule has 2 aliphatic rings. The van der Waals surface area contributed by atoms with Crippen molar-refractivity contribution in [2.45, 2.75) is 71.5 Å². The van der Waals surface area contributed by atoms with Gasteiger partial charge in [0.1, 0.15) is 0 Å². The lowest BCUT2D eigenvalue weighted by molar-refractivity contribution is -0.132. The van der Waals surface area contributed by atoms with Gasteiger partial charge >= 0.3 is 0 Å². The Kier molecular flexibility index (Phi) is 6.06. The standard InChI is InChI=1S/C22H31N3O3/c1-22(2,3)21(28)23-13-12-19(26)25(18-10-11-18)14-15-4-6-16(7-5-15)20(27)24-17-8-9-17/h4-7,17-18H,8-14H2,1-3H3,(H,23,28)(H,24,27). The monoisotopic (exact) mass is 385 g/mol. The molecule has 1 aromatic carbocycles. The molecule has 0 bridgehead atoms. The Bertz CT molecular complexity index is 728.